The van der Waals surface area contributed by atoms with Crippen LogP contribution in [-0.2, 0) is 6.42 Å². The molecule has 5 aromatic heterocycles. The third-order valence-electron chi connectivity index (χ3n) is 11.3. The van der Waals surface area contributed by atoms with Gasteiger partial charge in [0.15, 0.2) is 0 Å². The minimum atomic E-state index is 0.858. The lowest BCUT2D eigenvalue weighted by molar-refractivity contribution is 0.669. The Morgan fingerprint density at radius 2 is 1.10 bits per heavy atom. The Morgan fingerprint density at radius 3 is 1.78 bits per heavy atom. The monoisotopic (exact) mass is 870 g/mol. The van der Waals surface area contributed by atoms with Crippen LogP contribution in [0.15, 0.2) is 193 Å². The van der Waals surface area contributed by atoms with E-state index in [4.69, 9.17) is 14.4 Å². The largest absolute Gasteiger partial charge is 0.456 e. The Balaban J connectivity index is 1.13. The summed E-state index contributed by atoms with van der Waals surface area (Å²) in [6, 6.07) is 60.4. The summed E-state index contributed by atoms with van der Waals surface area (Å²) in [7, 11) is 0. The molecule has 59 heavy (non-hydrogen) atoms. The van der Waals surface area contributed by atoms with E-state index in [-0.39, 0.29) is 0 Å². The quantitative estimate of drug-likeness (QED) is 0.113. The molecular formula is C53H35IN4O. The molecule has 11 rings (SSSR count). The molecule has 11 aromatic rings. The van der Waals surface area contributed by atoms with Gasteiger partial charge in [-0.3, -0.25) is 15.0 Å². The molecule has 0 aliphatic carbocycles. The molecule has 6 aromatic carbocycles. The van der Waals surface area contributed by atoms with E-state index in [1.54, 1.807) is 6.20 Å². The number of hydrogen-bond donors (Lipinski definition) is 0. The van der Waals surface area contributed by atoms with E-state index in [2.05, 4.69) is 184 Å². The van der Waals surface area contributed by atoms with Gasteiger partial charge in [-0.15, -0.1) is 0 Å². The van der Waals surface area contributed by atoms with Crippen molar-refractivity contribution in [2.75, 3.05) is 4.43 Å². The van der Waals surface area contributed by atoms with Gasteiger partial charge >= 0.3 is 0 Å². The highest BCUT2D eigenvalue weighted by Gasteiger charge is 2.19. The molecule has 0 aliphatic rings. The summed E-state index contributed by atoms with van der Waals surface area (Å²) in [6.45, 7) is 0. The van der Waals surface area contributed by atoms with Crippen molar-refractivity contribution in [2.24, 2.45) is 0 Å². The topological polar surface area (TPSA) is 56.7 Å². The number of pyridine rings is 3. The average molecular weight is 871 g/mol. The van der Waals surface area contributed by atoms with Crippen LogP contribution in [0.25, 0.3) is 105 Å². The van der Waals surface area contributed by atoms with Crippen LogP contribution in [0.2, 0.25) is 0 Å². The smallest absolute Gasteiger partial charge is 0.135 e. The number of aromatic nitrogens is 4. The maximum Gasteiger partial charge on any atom is 0.135 e. The first-order valence-electron chi connectivity index (χ1n) is 19.8. The molecule has 0 saturated heterocycles. The number of nitrogens with zero attached hydrogens (tertiary/aromatic N) is 4. The summed E-state index contributed by atoms with van der Waals surface area (Å²) in [5.74, 6) is 0. The van der Waals surface area contributed by atoms with Gasteiger partial charge in [-0.2, -0.15) is 0 Å². The Labute approximate surface area is 354 Å². The summed E-state index contributed by atoms with van der Waals surface area (Å²) in [4.78, 5) is 14.2. The summed E-state index contributed by atoms with van der Waals surface area (Å²) in [6.07, 6.45) is 6.51. The number of halogens is 1. The SMILES string of the molecule is ICCc1cccc(-c2ccccc2-c2ccc3c(c2)c2cc(-c4ccccc4-c4ccccn4)ccc2n3-c2ccc3oc4ccc(-c5cccnc5)cc4c3c2)n1. The summed E-state index contributed by atoms with van der Waals surface area (Å²) < 4.78 is 9.83. The Kier molecular flexibility index (Phi) is 8.85. The molecule has 0 atom stereocenters. The van der Waals surface area contributed by atoms with E-state index in [9.17, 15) is 0 Å². The molecule has 0 N–H and O–H groups in total. The van der Waals surface area contributed by atoms with Crippen molar-refractivity contribution >= 4 is 66.3 Å². The van der Waals surface area contributed by atoms with E-state index in [1.807, 2.05) is 30.6 Å². The van der Waals surface area contributed by atoms with Crippen molar-refractivity contribution in [1.82, 2.24) is 19.5 Å². The highest BCUT2D eigenvalue weighted by Crippen LogP contribution is 2.42. The minimum Gasteiger partial charge on any atom is -0.456 e. The molecule has 0 unspecified atom stereocenters. The van der Waals surface area contributed by atoms with Gasteiger partial charge < -0.3 is 8.98 Å². The van der Waals surface area contributed by atoms with Crippen LogP contribution in [-0.4, -0.2) is 23.9 Å². The van der Waals surface area contributed by atoms with Crippen molar-refractivity contribution in [3.8, 4) is 61.6 Å². The number of aryl methyl sites for hydroxylation is 1. The second-order valence-electron chi connectivity index (χ2n) is 14.8. The summed E-state index contributed by atoms with van der Waals surface area (Å²) >= 11 is 2.42. The second-order valence-corrected chi connectivity index (χ2v) is 15.9. The maximum absolute atomic E-state index is 6.40. The lowest BCUT2D eigenvalue weighted by Crippen LogP contribution is -1.95. The van der Waals surface area contributed by atoms with Gasteiger partial charge in [-0.25, -0.2) is 0 Å². The van der Waals surface area contributed by atoms with Crippen LogP contribution in [0.1, 0.15) is 5.69 Å². The fourth-order valence-corrected chi connectivity index (χ4v) is 9.11. The molecule has 0 amide bonds. The fourth-order valence-electron chi connectivity index (χ4n) is 8.56. The van der Waals surface area contributed by atoms with Crippen LogP contribution < -0.4 is 0 Å². The van der Waals surface area contributed by atoms with Gasteiger partial charge in [0.05, 0.1) is 22.4 Å². The summed E-state index contributed by atoms with van der Waals surface area (Å²) in [5, 5.41) is 4.49. The number of benzene rings is 6. The van der Waals surface area contributed by atoms with E-state index in [1.165, 1.54) is 10.8 Å². The predicted octanol–water partition coefficient (Wildman–Crippen LogP) is 14.2. The number of fused-ring (bicyclic) bond motifs is 6. The molecule has 0 bridgehead atoms. The Bertz CT molecular complexity index is 3350. The van der Waals surface area contributed by atoms with E-state index < -0.39 is 0 Å². The van der Waals surface area contributed by atoms with Crippen molar-refractivity contribution in [1.29, 1.82) is 0 Å². The van der Waals surface area contributed by atoms with Gasteiger partial charge in [-0.05, 0) is 119 Å². The molecule has 6 heteroatoms. The Morgan fingerprint density at radius 1 is 0.475 bits per heavy atom. The van der Waals surface area contributed by atoms with Crippen molar-refractivity contribution < 1.29 is 4.42 Å². The van der Waals surface area contributed by atoms with Crippen LogP contribution in [0.4, 0.5) is 0 Å². The molecular weight excluding hydrogens is 836 g/mol. The van der Waals surface area contributed by atoms with Crippen molar-refractivity contribution in [3.63, 3.8) is 0 Å². The number of rotatable bonds is 8. The zero-order chi connectivity index (χ0) is 39.3. The van der Waals surface area contributed by atoms with E-state index >= 15 is 0 Å². The molecule has 0 fully saturated rings. The number of hydrogen-bond acceptors (Lipinski definition) is 4. The van der Waals surface area contributed by atoms with Gasteiger partial charge in [0, 0.05) is 72.6 Å². The first kappa shape index (κ1) is 35.3. The third-order valence-corrected chi connectivity index (χ3v) is 11.9. The first-order valence-corrected chi connectivity index (χ1v) is 21.3. The lowest BCUT2D eigenvalue weighted by Gasteiger charge is -2.12. The number of furan rings is 1. The summed E-state index contributed by atoms with van der Waals surface area (Å²) in [5.41, 5.74) is 17.1. The lowest BCUT2D eigenvalue weighted by atomic mass is 9.94. The normalized spacial score (nSPS) is 11.6. The van der Waals surface area contributed by atoms with Gasteiger partial charge in [-0.1, -0.05) is 108 Å². The molecule has 0 aliphatic heterocycles. The highest BCUT2D eigenvalue weighted by atomic mass is 127. The molecule has 5 heterocycles. The van der Waals surface area contributed by atoms with E-state index in [0.717, 1.165) is 111 Å². The standard InChI is InChI=1S/C53H35IN4O/c54-26-25-38-10-7-16-49(57-38)43-14-4-2-12-41(43)36-18-22-51-45(31-36)44-30-35(40-11-1-3-13-42(40)48-15-5-6-28-56-48)17-21-50(44)58(51)39-20-24-53-47(32-39)46-29-34(19-23-52(46)59-53)37-9-8-27-55-33-37/h1-24,27-33H,25-26H2. The predicted molar refractivity (Wildman–Crippen MR) is 251 cm³/mol. The zero-order valence-corrected chi connectivity index (χ0v) is 34.0. The molecule has 0 saturated carbocycles. The number of alkyl halides is 1. The molecule has 0 radical (unpaired) electrons. The third kappa shape index (κ3) is 6.28. The maximum atomic E-state index is 6.40. The van der Waals surface area contributed by atoms with Crippen molar-refractivity contribution in [2.45, 2.75) is 6.42 Å². The van der Waals surface area contributed by atoms with Crippen LogP contribution >= 0.6 is 22.6 Å². The molecule has 280 valence electrons. The van der Waals surface area contributed by atoms with Crippen LogP contribution in [0.5, 0.6) is 0 Å². The van der Waals surface area contributed by atoms with Gasteiger partial charge in [0.1, 0.15) is 11.2 Å². The zero-order valence-electron chi connectivity index (χ0n) is 31.9. The average Bonchev–Trinajstić information content (AvgIpc) is 3.84. The van der Waals surface area contributed by atoms with Crippen LogP contribution in [0, 0.1) is 0 Å². The van der Waals surface area contributed by atoms with Gasteiger partial charge in [0.2, 0.25) is 0 Å². The molecule has 5 nitrogen and oxygen atoms in total. The first-order chi connectivity index (χ1) is 29.2. The Hall–Kier alpha value is -6.90. The molecule has 0 spiro atoms. The second kappa shape index (κ2) is 14.8. The van der Waals surface area contributed by atoms with Crippen LogP contribution in [0.3, 0.4) is 0 Å². The highest BCUT2D eigenvalue weighted by molar-refractivity contribution is 14.1. The fraction of sp³-hybridized carbons (Fsp3) is 0.0377. The van der Waals surface area contributed by atoms with Crippen molar-refractivity contribution in [3.05, 3.63) is 194 Å². The van der Waals surface area contributed by atoms with E-state index in [0.29, 0.717) is 0 Å². The van der Waals surface area contributed by atoms with Gasteiger partial charge in [0.25, 0.3) is 0 Å². The minimum absolute atomic E-state index is 0.858.